The Morgan fingerprint density at radius 3 is 2.62 bits per heavy atom. The number of carbonyl (C=O) groups excluding carboxylic acids is 1. The number of benzene rings is 1. The number of hydrogen-bond donors (Lipinski definition) is 2. The number of rotatable bonds is 6. The molecular formula is C15H14BrN5O3S2. The Balaban J connectivity index is 1.65. The van der Waals surface area contributed by atoms with Gasteiger partial charge in [-0.05, 0) is 47.1 Å². The molecule has 1 amide bonds. The number of thiazole rings is 1. The predicted molar refractivity (Wildman–Crippen MR) is 103 cm³/mol. The highest BCUT2D eigenvalue weighted by Crippen LogP contribution is 2.20. The minimum atomic E-state index is -3.71. The van der Waals surface area contributed by atoms with E-state index in [1.807, 2.05) is 6.92 Å². The fraction of sp³-hybridized carbons (Fsp3) is 0.133. The molecule has 8 nitrogen and oxygen atoms in total. The molecule has 26 heavy (non-hydrogen) atoms. The van der Waals surface area contributed by atoms with Gasteiger partial charge in [0.15, 0.2) is 5.13 Å². The van der Waals surface area contributed by atoms with Gasteiger partial charge in [-0.15, -0.1) is 11.3 Å². The highest BCUT2D eigenvalue weighted by molar-refractivity contribution is 9.10. The summed E-state index contributed by atoms with van der Waals surface area (Å²) in [6, 6.07) is 5.89. The Labute approximate surface area is 162 Å². The second-order valence-electron chi connectivity index (χ2n) is 5.25. The third-order valence-corrected chi connectivity index (χ3v) is 6.39. The number of sulfonamides is 1. The Bertz CT molecular complexity index is 1010. The van der Waals surface area contributed by atoms with Gasteiger partial charge in [-0.2, -0.15) is 5.10 Å². The molecule has 0 saturated heterocycles. The van der Waals surface area contributed by atoms with Gasteiger partial charge in [0.2, 0.25) is 5.91 Å². The molecule has 0 aliphatic rings. The van der Waals surface area contributed by atoms with Gasteiger partial charge in [0.1, 0.15) is 6.54 Å². The second-order valence-corrected chi connectivity index (χ2v) is 8.68. The van der Waals surface area contributed by atoms with Gasteiger partial charge < -0.3 is 5.32 Å². The summed E-state index contributed by atoms with van der Waals surface area (Å²) in [5, 5.41) is 8.78. The summed E-state index contributed by atoms with van der Waals surface area (Å²) in [4.78, 5) is 16.1. The number of anilines is 2. The van der Waals surface area contributed by atoms with Gasteiger partial charge in [0.05, 0.1) is 21.3 Å². The number of hydrogen-bond acceptors (Lipinski definition) is 6. The maximum atomic E-state index is 12.3. The predicted octanol–water partition coefficient (Wildman–Crippen LogP) is 2.85. The van der Waals surface area contributed by atoms with Crippen LogP contribution in [0.1, 0.15) is 5.69 Å². The van der Waals surface area contributed by atoms with E-state index >= 15 is 0 Å². The minimum absolute atomic E-state index is 0.0586. The molecule has 0 bridgehead atoms. The number of amides is 1. The van der Waals surface area contributed by atoms with E-state index in [1.165, 1.54) is 41.8 Å². The number of nitrogens with zero attached hydrogens (tertiary/aromatic N) is 3. The molecular weight excluding hydrogens is 442 g/mol. The van der Waals surface area contributed by atoms with Crippen molar-refractivity contribution in [2.75, 3.05) is 10.0 Å². The summed E-state index contributed by atoms with van der Waals surface area (Å²) < 4.78 is 29.3. The van der Waals surface area contributed by atoms with Crippen molar-refractivity contribution >= 4 is 54.0 Å². The zero-order chi connectivity index (χ0) is 18.7. The molecule has 0 saturated carbocycles. The van der Waals surface area contributed by atoms with E-state index < -0.39 is 10.0 Å². The van der Waals surface area contributed by atoms with E-state index in [4.69, 9.17) is 0 Å². The van der Waals surface area contributed by atoms with Gasteiger partial charge in [0, 0.05) is 17.3 Å². The largest absolute Gasteiger partial charge is 0.324 e. The monoisotopic (exact) mass is 455 g/mol. The molecule has 0 spiro atoms. The molecule has 0 unspecified atom stereocenters. The van der Waals surface area contributed by atoms with Crippen LogP contribution in [0, 0.1) is 6.92 Å². The first-order chi connectivity index (χ1) is 12.3. The highest BCUT2D eigenvalue weighted by Gasteiger charge is 2.15. The topological polar surface area (TPSA) is 106 Å². The molecule has 2 N–H and O–H groups in total. The van der Waals surface area contributed by atoms with Crippen LogP contribution in [0.4, 0.5) is 10.8 Å². The van der Waals surface area contributed by atoms with Crippen LogP contribution >= 0.6 is 27.3 Å². The Morgan fingerprint density at radius 1 is 1.31 bits per heavy atom. The summed E-state index contributed by atoms with van der Waals surface area (Å²) in [6.45, 7) is 1.91. The fourth-order valence-corrected chi connectivity index (χ4v) is 4.17. The van der Waals surface area contributed by atoms with Crippen molar-refractivity contribution in [1.82, 2.24) is 14.8 Å². The molecule has 0 atom stereocenters. The summed E-state index contributed by atoms with van der Waals surface area (Å²) in [7, 11) is -3.71. The molecule has 2 aromatic heterocycles. The molecule has 2 heterocycles. The van der Waals surface area contributed by atoms with Crippen molar-refractivity contribution in [3.63, 3.8) is 0 Å². The highest BCUT2D eigenvalue weighted by atomic mass is 79.9. The van der Waals surface area contributed by atoms with Crippen LogP contribution in [0.5, 0.6) is 0 Å². The van der Waals surface area contributed by atoms with Crippen LogP contribution in [-0.2, 0) is 21.4 Å². The molecule has 11 heteroatoms. The molecule has 0 aliphatic heterocycles. The van der Waals surface area contributed by atoms with Crippen molar-refractivity contribution in [2.24, 2.45) is 0 Å². The van der Waals surface area contributed by atoms with E-state index in [-0.39, 0.29) is 17.3 Å². The van der Waals surface area contributed by atoms with Crippen molar-refractivity contribution in [1.29, 1.82) is 0 Å². The number of aromatic nitrogens is 3. The maximum Gasteiger partial charge on any atom is 0.263 e. The van der Waals surface area contributed by atoms with Crippen LogP contribution in [0.2, 0.25) is 0 Å². The third kappa shape index (κ3) is 4.29. The van der Waals surface area contributed by atoms with E-state index in [2.05, 4.69) is 36.1 Å². The first kappa shape index (κ1) is 18.5. The smallest absolute Gasteiger partial charge is 0.263 e. The number of carbonyl (C=O) groups is 1. The summed E-state index contributed by atoms with van der Waals surface area (Å²) in [5.41, 5.74) is 1.34. The van der Waals surface area contributed by atoms with Crippen LogP contribution in [-0.4, -0.2) is 29.1 Å². The summed E-state index contributed by atoms with van der Waals surface area (Å²) in [6.07, 6.45) is 3.14. The summed E-state index contributed by atoms with van der Waals surface area (Å²) in [5.74, 6) is -0.264. The lowest BCUT2D eigenvalue weighted by atomic mass is 10.3. The van der Waals surface area contributed by atoms with E-state index in [1.54, 1.807) is 16.3 Å². The maximum absolute atomic E-state index is 12.3. The zero-order valence-corrected chi connectivity index (χ0v) is 16.7. The van der Waals surface area contributed by atoms with Crippen LogP contribution in [0.25, 0.3) is 0 Å². The van der Waals surface area contributed by atoms with Gasteiger partial charge in [-0.25, -0.2) is 13.4 Å². The third-order valence-electron chi connectivity index (χ3n) is 3.44. The molecule has 0 radical (unpaired) electrons. The van der Waals surface area contributed by atoms with Crippen molar-refractivity contribution in [3.05, 3.63) is 52.2 Å². The van der Waals surface area contributed by atoms with Crippen molar-refractivity contribution in [3.8, 4) is 0 Å². The lowest BCUT2D eigenvalue weighted by molar-refractivity contribution is -0.116. The average Bonchev–Trinajstić information content (AvgIpc) is 3.20. The van der Waals surface area contributed by atoms with E-state index in [9.17, 15) is 13.2 Å². The molecule has 136 valence electrons. The zero-order valence-electron chi connectivity index (χ0n) is 13.5. The quantitative estimate of drug-likeness (QED) is 0.594. The SMILES string of the molecule is Cc1c(Br)cnn1CC(=O)Nc1ccc(S(=O)(=O)Nc2nccs2)cc1. The van der Waals surface area contributed by atoms with Gasteiger partial charge in [-0.3, -0.25) is 14.2 Å². The molecule has 3 aromatic rings. The lowest BCUT2D eigenvalue weighted by Crippen LogP contribution is -2.20. The Morgan fingerprint density at radius 2 is 2.04 bits per heavy atom. The molecule has 3 rings (SSSR count). The van der Waals surface area contributed by atoms with Gasteiger partial charge in [-0.1, -0.05) is 0 Å². The van der Waals surface area contributed by atoms with E-state index in [0.717, 1.165) is 10.2 Å². The Hall–Kier alpha value is -2.24. The van der Waals surface area contributed by atoms with Crippen molar-refractivity contribution < 1.29 is 13.2 Å². The van der Waals surface area contributed by atoms with Crippen LogP contribution in [0.3, 0.4) is 0 Å². The average molecular weight is 456 g/mol. The first-order valence-electron chi connectivity index (χ1n) is 7.35. The van der Waals surface area contributed by atoms with Crippen LogP contribution in [0.15, 0.2) is 51.4 Å². The number of nitrogens with one attached hydrogen (secondary N) is 2. The summed E-state index contributed by atoms with van der Waals surface area (Å²) >= 11 is 4.53. The van der Waals surface area contributed by atoms with Gasteiger partial charge >= 0.3 is 0 Å². The first-order valence-corrected chi connectivity index (χ1v) is 10.5. The fourth-order valence-electron chi connectivity index (χ4n) is 2.08. The molecule has 0 fully saturated rings. The lowest BCUT2D eigenvalue weighted by Gasteiger charge is -2.09. The van der Waals surface area contributed by atoms with Gasteiger partial charge in [0.25, 0.3) is 10.0 Å². The second kappa shape index (κ2) is 7.56. The number of halogens is 1. The Kier molecular flexibility index (Phi) is 5.39. The molecule has 0 aliphatic carbocycles. The van der Waals surface area contributed by atoms with Crippen LogP contribution < -0.4 is 10.0 Å². The standard InChI is InChI=1S/C15H14BrN5O3S2/c1-10-13(16)8-18-21(10)9-14(22)19-11-2-4-12(5-3-11)26(23,24)20-15-17-6-7-25-15/h2-8H,9H2,1H3,(H,17,20)(H,19,22). The molecule has 1 aromatic carbocycles. The minimum Gasteiger partial charge on any atom is -0.324 e. The van der Waals surface area contributed by atoms with Crippen molar-refractivity contribution in [2.45, 2.75) is 18.4 Å². The van der Waals surface area contributed by atoms with E-state index in [0.29, 0.717) is 10.8 Å². The normalized spacial score (nSPS) is 11.3.